The molecule has 1 atom stereocenters. The Bertz CT molecular complexity index is 1290. The van der Waals surface area contributed by atoms with Gasteiger partial charge in [0.25, 0.3) is 0 Å². The predicted octanol–water partition coefficient (Wildman–Crippen LogP) is 6.09. The van der Waals surface area contributed by atoms with Crippen LogP contribution in [0.1, 0.15) is 36.0 Å². The van der Waals surface area contributed by atoms with Crippen molar-refractivity contribution in [3.8, 4) is 16.9 Å². The summed E-state index contributed by atoms with van der Waals surface area (Å²) in [4.78, 5) is 15.7. The van der Waals surface area contributed by atoms with Gasteiger partial charge in [-0.1, -0.05) is 71.9 Å². The molecule has 36 heavy (non-hydrogen) atoms. The Balaban J connectivity index is 1.57. The molecule has 0 aliphatic rings. The van der Waals surface area contributed by atoms with E-state index in [0.717, 1.165) is 27.8 Å². The zero-order chi connectivity index (χ0) is 25.2. The molecule has 182 valence electrons. The lowest BCUT2D eigenvalue weighted by molar-refractivity contribution is -0.145. The van der Waals surface area contributed by atoms with E-state index in [1.54, 1.807) is 19.3 Å². The quantitative estimate of drug-likeness (QED) is 0.129. The molecule has 0 amide bonds. The number of ether oxygens (including phenoxy) is 2. The number of benzene rings is 3. The lowest BCUT2D eigenvalue weighted by Crippen LogP contribution is -2.14. The van der Waals surface area contributed by atoms with Crippen molar-refractivity contribution in [2.45, 2.75) is 19.3 Å². The third kappa shape index (κ3) is 6.36. The van der Waals surface area contributed by atoms with Gasteiger partial charge in [0.2, 0.25) is 0 Å². The Morgan fingerprint density at radius 3 is 2.31 bits per heavy atom. The standard InChI is InChI=1S/C30H28N2O4/c1-2-35-30(33)21-36-27-10-6-9-26(19-27)22-11-13-24(14-12-22)28(23-7-4-3-5-8-23)20-29(32-34)25-15-17-31-18-16-25/h3-19,28,34H,2,20-21H2,1H3/b32-29+. The first-order chi connectivity index (χ1) is 17.7. The molecule has 1 unspecified atom stereocenters. The first-order valence-electron chi connectivity index (χ1n) is 11.8. The molecule has 0 aliphatic carbocycles. The summed E-state index contributed by atoms with van der Waals surface area (Å²) in [5.74, 6) is 0.211. The van der Waals surface area contributed by atoms with Gasteiger partial charge in [0.05, 0.1) is 12.3 Å². The van der Waals surface area contributed by atoms with Crippen molar-refractivity contribution in [3.05, 3.63) is 120 Å². The van der Waals surface area contributed by atoms with Gasteiger partial charge in [-0.15, -0.1) is 0 Å². The summed E-state index contributed by atoms with van der Waals surface area (Å²) in [6.45, 7) is 1.97. The molecule has 1 heterocycles. The number of esters is 1. The van der Waals surface area contributed by atoms with Crippen LogP contribution in [-0.4, -0.2) is 35.1 Å². The van der Waals surface area contributed by atoms with Crippen molar-refractivity contribution in [3.63, 3.8) is 0 Å². The fourth-order valence-electron chi connectivity index (χ4n) is 4.09. The molecule has 0 aliphatic heterocycles. The number of pyridine rings is 1. The van der Waals surface area contributed by atoms with Gasteiger partial charge in [-0.05, 0) is 53.4 Å². The van der Waals surface area contributed by atoms with Crippen LogP contribution >= 0.6 is 0 Å². The molecule has 0 bridgehead atoms. The largest absolute Gasteiger partial charge is 0.482 e. The second-order valence-electron chi connectivity index (χ2n) is 8.19. The van der Waals surface area contributed by atoms with Gasteiger partial charge in [0.1, 0.15) is 5.75 Å². The van der Waals surface area contributed by atoms with Crippen LogP contribution in [0.15, 0.2) is 109 Å². The number of oxime groups is 1. The molecule has 6 nitrogen and oxygen atoms in total. The van der Waals surface area contributed by atoms with Gasteiger partial charge < -0.3 is 14.7 Å². The van der Waals surface area contributed by atoms with E-state index in [2.05, 4.69) is 46.5 Å². The Morgan fingerprint density at radius 1 is 0.889 bits per heavy atom. The maximum absolute atomic E-state index is 11.6. The second kappa shape index (κ2) is 12.3. The van der Waals surface area contributed by atoms with Crippen molar-refractivity contribution in [1.82, 2.24) is 4.98 Å². The van der Waals surface area contributed by atoms with Gasteiger partial charge in [-0.3, -0.25) is 4.98 Å². The van der Waals surface area contributed by atoms with E-state index in [4.69, 9.17) is 9.47 Å². The van der Waals surface area contributed by atoms with Gasteiger partial charge in [-0.2, -0.15) is 0 Å². The predicted molar refractivity (Wildman–Crippen MR) is 139 cm³/mol. The van der Waals surface area contributed by atoms with Crippen molar-refractivity contribution < 1.29 is 19.5 Å². The summed E-state index contributed by atoms with van der Waals surface area (Å²) < 4.78 is 10.5. The number of nitrogens with zero attached hydrogens (tertiary/aromatic N) is 2. The van der Waals surface area contributed by atoms with Crippen LogP contribution in [-0.2, 0) is 9.53 Å². The molecule has 1 N–H and O–H groups in total. The molecule has 0 fully saturated rings. The van der Waals surface area contributed by atoms with E-state index < -0.39 is 5.97 Å². The number of carbonyl (C=O) groups excluding carboxylic acids is 1. The SMILES string of the molecule is CCOC(=O)COc1cccc(-c2ccc(C(C/C(=N\O)c3ccncc3)c3ccccc3)cc2)c1. The minimum atomic E-state index is -0.392. The van der Waals surface area contributed by atoms with Crippen LogP contribution in [0.5, 0.6) is 5.75 Å². The second-order valence-corrected chi connectivity index (χ2v) is 8.19. The fraction of sp³-hybridized carbons (Fsp3) is 0.167. The third-order valence-corrected chi connectivity index (χ3v) is 5.88. The third-order valence-electron chi connectivity index (χ3n) is 5.88. The van der Waals surface area contributed by atoms with E-state index in [-0.39, 0.29) is 12.5 Å². The highest BCUT2D eigenvalue weighted by Gasteiger charge is 2.19. The molecule has 0 saturated heterocycles. The minimum Gasteiger partial charge on any atom is -0.482 e. The number of hydrogen-bond acceptors (Lipinski definition) is 6. The molecular formula is C30H28N2O4. The average molecular weight is 481 g/mol. The lowest BCUT2D eigenvalue weighted by Gasteiger charge is -2.19. The lowest BCUT2D eigenvalue weighted by atomic mass is 9.85. The zero-order valence-corrected chi connectivity index (χ0v) is 20.1. The maximum Gasteiger partial charge on any atom is 0.344 e. The monoisotopic (exact) mass is 480 g/mol. The highest BCUT2D eigenvalue weighted by Crippen LogP contribution is 2.32. The molecule has 4 rings (SSSR count). The van der Waals surface area contributed by atoms with Gasteiger partial charge in [0.15, 0.2) is 6.61 Å². The topological polar surface area (TPSA) is 81.0 Å². The van der Waals surface area contributed by atoms with Gasteiger partial charge in [-0.25, -0.2) is 4.79 Å². The van der Waals surface area contributed by atoms with Crippen LogP contribution in [0.3, 0.4) is 0 Å². The van der Waals surface area contributed by atoms with Crippen LogP contribution in [0.25, 0.3) is 11.1 Å². The number of aromatic nitrogens is 1. The first-order valence-corrected chi connectivity index (χ1v) is 11.8. The Hall–Kier alpha value is -4.45. The summed E-state index contributed by atoms with van der Waals surface area (Å²) >= 11 is 0. The Morgan fingerprint density at radius 2 is 1.61 bits per heavy atom. The number of carbonyl (C=O) groups is 1. The summed E-state index contributed by atoms with van der Waals surface area (Å²) in [6.07, 6.45) is 3.91. The van der Waals surface area contributed by atoms with Crippen LogP contribution in [0, 0.1) is 0 Å². The fourth-order valence-corrected chi connectivity index (χ4v) is 4.09. The van der Waals surface area contributed by atoms with Crippen LogP contribution in [0.4, 0.5) is 0 Å². The van der Waals surface area contributed by atoms with Gasteiger partial charge >= 0.3 is 5.97 Å². The molecule has 3 aromatic carbocycles. The van der Waals surface area contributed by atoms with Crippen molar-refractivity contribution in [2.75, 3.05) is 13.2 Å². The molecule has 6 heteroatoms. The van der Waals surface area contributed by atoms with Crippen molar-refractivity contribution in [1.29, 1.82) is 0 Å². The average Bonchev–Trinajstić information content (AvgIpc) is 2.94. The van der Waals surface area contributed by atoms with Crippen LogP contribution in [0.2, 0.25) is 0 Å². The van der Waals surface area contributed by atoms with E-state index in [0.29, 0.717) is 24.5 Å². The summed E-state index contributed by atoms with van der Waals surface area (Å²) in [6, 6.07) is 29.8. The highest BCUT2D eigenvalue weighted by atomic mass is 16.6. The molecule has 0 radical (unpaired) electrons. The summed E-state index contributed by atoms with van der Waals surface area (Å²) in [5, 5.41) is 13.4. The van der Waals surface area contributed by atoms with E-state index >= 15 is 0 Å². The molecular weight excluding hydrogens is 452 g/mol. The minimum absolute atomic E-state index is 0.00133. The smallest absolute Gasteiger partial charge is 0.344 e. The summed E-state index contributed by atoms with van der Waals surface area (Å²) in [7, 11) is 0. The molecule has 4 aromatic rings. The maximum atomic E-state index is 11.6. The Kier molecular flexibility index (Phi) is 8.44. The van der Waals surface area contributed by atoms with Crippen molar-refractivity contribution in [2.24, 2.45) is 5.16 Å². The number of hydrogen-bond donors (Lipinski definition) is 1. The van der Waals surface area contributed by atoms with Gasteiger partial charge in [0, 0.05) is 30.3 Å². The first kappa shape index (κ1) is 24.7. The summed E-state index contributed by atoms with van der Waals surface area (Å²) in [5.41, 5.74) is 5.68. The van der Waals surface area contributed by atoms with Crippen LogP contribution < -0.4 is 4.74 Å². The molecule has 1 aromatic heterocycles. The zero-order valence-electron chi connectivity index (χ0n) is 20.1. The highest BCUT2D eigenvalue weighted by molar-refractivity contribution is 6.00. The van der Waals surface area contributed by atoms with E-state index in [1.165, 1.54) is 0 Å². The normalized spacial score (nSPS) is 12.1. The molecule has 0 saturated carbocycles. The Labute approximate surface area is 210 Å². The molecule has 0 spiro atoms. The number of rotatable bonds is 10. The van der Waals surface area contributed by atoms with Crippen molar-refractivity contribution >= 4 is 11.7 Å². The van der Waals surface area contributed by atoms with E-state index in [9.17, 15) is 10.0 Å². The van der Waals surface area contributed by atoms with E-state index in [1.807, 2.05) is 54.6 Å².